The van der Waals surface area contributed by atoms with Crippen molar-refractivity contribution in [3.8, 4) is 5.75 Å². The lowest BCUT2D eigenvalue weighted by molar-refractivity contribution is -0.274. The van der Waals surface area contributed by atoms with Crippen LogP contribution in [-0.2, 0) is 6.54 Å². The van der Waals surface area contributed by atoms with Crippen molar-refractivity contribution in [3.05, 3.63) is 58.4 Å². The lowest BCUT2D eigenvalue weighted by atomic mass is 10.1. The predicted octanol–water partition coefficient (Wildman–Crippen LogP) is 4.49. The molecule has 0 radical (unpaired) electrons. The van der Waals surface area contributed by atoms with Crippen LogP contribution in [0.4, 0.5) is 13.2 Å². The van der Waals surface area contributed by atoms with Gasteiger partial charge < -0.3 is 15.8 Å². The van der Waals surface area contributed by atoms with Crippen molar-refractivity contribution < 1.29 is 22.7 Å². The number of primary amides is 1. The molecule has 27 heavy (non-hydrogen) atoms. The van der Waals surface area contributed by atoms with Gasteiger partial charge in [-0.3, -0.25) is 9.78 Å². The Morgan fingerprint density at radius 1 is 1.26 bits per heavy atom. The van der Waals surface area contributed by atoms with Crippen LogP contribution in [0.15, 0.2) is 36.8 Å². The SMILES string of the molecule is CC(C)(C)[N-]Cc1ccc(OC(F)(F)F)c(Cl)c1.NC(=O)c1cnccn1. The van der Waals surface area contributed by atoms with Crippen molar-refractivity contribution in [1.29, 1.82) is 0 Å². The predicted molar refractivity (Wildman–Crippen MR) is 95.5 cm³/mol. The molecule has 148 valence electrons. The molecule has 1 aromatic carbocycles. The van der Waals surface area contributed by atoms with E-state index >= 15 is 0 Å². The van der Waals surface area contributed by atoms with Gasteiger partial charge in [0.2, 0.25) is 0 Å². The number of carbonyl (C=O) groups excluding carboxylic acids is 1. The molecule has 1 aromatic heterocycles. The number of nitrogens with two attached hydrogens (primary N) is 1. The van der Waals surface area contributed by atoms with Gasteiger partial charge in [0.15, 0.2) is 0 Å². The summed E-state index contributed by atoms with van der Waals surface area (Å²) in [6.07, 6.45) is -0.518. The van der Waals surface area contributed by atoms with Crippen LogP contribution in [0.2, 0.25) is 5.02 Å². The van der Waals surface area contributed by atoms with E-state index in [9.17, 15) is 18.0 Å². The molecular weight excluding hydrogens is 385 g/mol. The highest BCUT2D eigenvalue weighted by atomic mass is 35.5. The largest absolute Gasteiger partial charge is 0.654 e. The highest BCUT2D eigenvalue weighted by molar-refractivity contribution is 6.32. The van der Waals surface area contributed by atoms with Crippen molar-refractivity contribution >= 4 is 17.5 Å². The molecule has 1 amide bonds. The zero-order valence-corrected chi connectivity index (χ0v) is 15.7. The molecule has 0 saturated heterocycles. The second kappa shape index (κ2) is 9.52. The van der Waals surface area contributed by atoms with E-state index in [2.05, 4.69) is 20.0 Å². The van der Waals surface area contributed by atoms with E-state index in [1.54, 1.807) is 0 Å². The maximum absolute atomic E-state index is 12.0. The van der Waals surface area contributed by atoms with E-state index in [-0.39, 0.29) is 16.3 Å². The minimum absolute atomic E-state index is 0.0751. The summed E-state index contributed by atoms with van der Waals surface area (Å²) in [7, 11) is 0. The van der Waals surface area contributed by atoms with Crippen LogP contribution in [0.1, 0.15) is 36.8 Å². The Bertz CT molecular complexity index is 750. The second-order valence-corrected chi connectivity index (χ2v) is 6.66. The van der Waals surface area contributed by atoms with Gasteiger partial charge >= 0.3 is 6.36 Å². The average Bonchev–Trinajstić information content (AvgIpc) is 2.55. The first-order valence-electron chi connectivity index (χ1n) is 7.66. The van der Waals surface area contributed by atoms with Crippen molar-refractivity contribution in [2.45, 2.75) is 39.2 Å². The summed E-state index contributed by atoms with van der Waals surface area (Å²) in [6.45, 7) is 6.22. The van der Waals surface area contributed by atoms with Crippen molar-refractivity contribution in [2.75, 3.05) is 0 Å². The maximum atomic E-state index is 12.0. The van der Waals surface area contributed by atoms with Crippen LogP contribution in [0, 0.1) is 0 Å². The number of rotatable bonds is 4. The second-order valence-electron chi connectivity index (χ2n) is 6.25. The van der Waals surface area contributed by atoms with Gasteiger partial charge in [-0.25, -0.2) is 4.98 Å². The molecule has 10 heteroatoms. The lowest BCUT2D eigenvalue weighted by Crippen LogP contribution is -2.17. The summed E-state index contributed by atoms with van der Waals surface area (Å²) in [5.74, 6) is -0.952. The molecule has 1 heterocycles. The van der Waals surface area contributed by atoms with Gasteiger partial charge in [0.25, 0.3) is 5.91 Å². The molecule has 0 fully saturated rings. The van der Waals surface area contributed by atoms with Gasteiger partial charge in [-0.15, -0.1) is 25.3 Å². The summed E-state index contributed by atoms with van der Waals surface area (Å²) in [6, 6.07) is 4.14. The molecule has 0 bridgehead atoms. The third-order valence-corrected chi connectivity index (χ3v) is 3.07. The van der Waals surface area contributed by atoms with Gasteiger partial charge in [0, 0.05) is 12.4 Å². The molecule has 0 aliphatic heterocycles. The number of amides is 1. The fraction of sp³-hybridized carbons (Fsp3) is 0.353. The first-order valence-corrected chi connectivity index (χ1v) is 8.04. The average molecular weight is 404 g/mol. The number of hydrogen-bond acceptors (Lipinski definition) is 4. The van der Waals surface area contributed by atoms with E-state index in [4.69, 9.17) is 17.3 Å². The number of nitrogens with zero attached hydrogens (tertiary/aromatic N) is 3. The first kappa shape index (κ1) is 22.7. The number of halogens is 4. The van der Waals surface area contributed by atoms with Crippen LogP contribution in [0.3, 0.4) is 0 Å². The van der Waals surface area contributed by atoms with Gasteiger partial charge in [-0.2, -0.15) is 0 Å². The monoisotopic (exact) mass is 403 g/mol. The minimum atomic E-state index is -4.74. The van der Waals surface area contributed by atoms with Crippen LogP contribution in [-0.4, -0.2) is 27.8 Å². The Morgan fingerprint density at radius 3 is 2.33 bits per heavy atom. The van der Waals surface area contributed by atoms with Crippen LogP contribution < -0.4 is 10.5 Å². The molecule has 0 atom stereocenters. The minimum Gasteiger partial charge on any atom is -0.654 e. The van der Waals surface area contributed by atoms with Crippen molar-refractivity contribution in [2.24, 2.45) is 5.73 Å². The highest BCUT2D eigenvalue weighted by Crippen LogP contribution is 2.31. The molecule has 2 aromatic rings. The zero-order valence-electron chi connectivity index (χ0n) is 14.9. The van der Waals surface area contributed by atoms with Gasteiger partial charge in [0.05, 0.1) is 11.2 Å². The summed E-state index contributed by atoms with van der Waals surface area (Å²) in [5.41, 5.74) is 5.60. The smallest absolute Gasteiger partial charge is 0.573 e. The fourth-order valence-corrected chi connectivity index (χ4v) is 1.85. The quantitative estimate of drug-likeness (QED) is 0.814. The fourth-order valence-electron chi connectivity index (χ4n) is 1.60. The summed E-state index contributed by atoms with van der Waals surface area (Å²) in [5, 5.41) is 4.28. The van der Waals surface area contributed by atoms with Crippen molar-refractivity contribution in [1.82, 2.24) is 9.97 Å². The Morgan fingerprint density at radius 2 is 1.93 bits per heavy atom. The Labute approximate surface area is 159 Å². The molecule has 0 spiro atoms. The molecule has 2 rings (SSSR count). The number of hydrogen-bond donors (Lipinski definition) is 1. The number of aromatic nitrogens is 2. The number of benzene rings is 1. The molecule has 2 N–H and O–H groups in total. The van der Waals surface area contributed by atoms with Crippen LogP contribution in [0.25, 0.3) is 5.32 Å². The van der Waals surface area contributed by atoms with E-state index in [0.29, 0.717) is 6.54 Å². The highest BCUT2D eigenvalue weighted by Gasteiger charge is 2.31. The van der Waals surface area contributed by atoms with E-state index < -0.39 is 18.0 Å². The number of carbonyl (C=O) groups is 1. The molecule has 0 aliphatic rings. The third-order valence-electron chi connectivity index (χ3n) is 2.77. The third kappa shape index (κ3) is 9.76. The molecule has 0 aliphatic carbocycles. The van der Waals surface area contributed by atoms with E-state index in [1.807, 2.05) is 20.8 Å². The number of alkyl halides is 3. The van der Waals surface area contributed by atoms with Gasteiger partial charge in [0.1, 0.15) is 11.4 Å². The molecular formula is C17H19ClF3N4O2-. The van der Waals surface area contributed by atoms with Gasteiger partial charge in [-0.05, 0) is 12.1 Å². The normalized spacial score (nSPS) is 11.4. The molecule has 0 unspecified atom stereocenters. The van der Waals surface area contributed by atoms with E-state index in [0.717, 1.165) is 5.56 Å². The summed E-state index contributed by atoms with van der Waals surface area (Å²) in [4.78, 5) is 17.6. The summed E-state index contributed by atoms with van der Waals surface area (Å²) >= 11 is 5.72. The molecule has 6 nitrogen and oxygen atoms in total. The first-order chi connectivity index (χ1) is 12.4. The van der Waals surface area contributed by atoms with Crippen LogP contribution >= 0.6 is 11.6 Å². The van der Waals surface area contributed by atoms with Gasteiger partial charge in [-0.1, -0.05) is 44.0 Å². The maximum Gasteiger partial charge on any atom is 0.573 e. The van der Waals surface area contributed by atoms with E-state index in [1.165, 1.54) is 36.8 Å². The standard InChI is InChI=1S/C12H14ClF3NO.C5H5N3O/c1-11(2,3)17-7-8-4-5-10(9(13)6-8)18-12(14,15)16;6-5(9)4-3-7-1-2-8-4/h4-6H,7H2,1-3H3;1-3H,(H2,6,9)/q-1;. The number of ether oxygens (including phenoxy) is 1. The lowest BCUT2D eigenvalue weighted by Gasteiger charge is -2.36. The topological polar surface area (TPSA) is 92.2 Å². The Balaban J connectivity index is 0.000000337. The Hall–Kier alpha value is -2.39. The zero-order chi connectivity index (χ0) is 20.7. The molecule has 0 saturated carbocycles. The summed E-state index contributed by atoms with van der Waals surface area (Å²) < 4.78 is 39.9. The Kier molecular flexibility index (Phi) is 7.98. The van der Waals surface area contributed by atoms with Crippen LogP contribution in [0.5, 0.6) is 5.75 Å². The van der Waals surface area contributed by atoms with Crippen molar-refractivity contribution in [3.63, 3.8) is 0 Å².